The molecule has 0 spiro atoms. The number of carboxylic acid groups (broad SMARTS) is 1. The monoisotopic (exact) mass is 267 g/mol. The van der Waals surface area contributed by atoms with Crippen molar-refractivity contribution in [3.63, 3.8) is 0 Å². The van der Waals surface area contributed by atoms with E-state index in [2.05, 4.69) is 5.32 Å². The summed E-state index contributed by atoms with van der Waals surface area (Å²) in [5, 5.41) is 11.9. The number of anilines is 1. The highest BCUT2D eigenvalue weighted by Crippen LogP contribution is 2.52. The normalized spacial score (nSPS) is 20.3. The Morgan fingerprint density at radius 3 is 2.50 bits per heavy atom. The molecule has 0 aliphatic heterocycles. The number of halogens is 1. The van der Waals surface area contributed by atoms with Crippen LogP contribution in [0.5, 0.6) is 0 Å². The van der Waals surface area contributed by atoms with Crippen LogP contribution >= 0.6 is 11.6 Å². The molecule has 4 nitrogen and oxygen atoms in total. The molecule has 0 aromatic heterocycles. The van der Waals surface area contributed by atoms with Crippen molar-refractivity contribution in [2.24, 2.45) is 11.3 Å². The third-order valence-electron chi connectivity index (χ3n) is 3.24. The molecule has 1 aromatic rings. The first-order valence-electron chi connectivity index (χ1n) is 5.64. The fourth-order valence-corrected chi connectivity index (χ4v) is 2.16. The van der Waals surface area contributed by atoms with Gasteiger partial charge in [0.25, 0.3) is 0 Å². The number of carboxylic acids is 1. The Morgan fingerprint density at radius 2 is 2.00 bits per heavy atom. The highest BCUT2D eigenvalue weighted by Gasteiger charge is 2.50. The minimum atomic E-state index is -1.07. The Bertz CT molecular complexity index is 525. The zero-order chi connectivity index (χ0) is 13.5. The van der Waals surface area contributed by atoms with Crippen LogP contribution in [0.15, 0.2) is 18.2 Å². The molecule has 1 atom stereocenters. The summed E-state index contributed by atoms with van der Waals surface area (Å²) in [6.07, 6.45) is 0.852. The summed E-state index contributed by atoms with van der Waals surface area (Å²) in [6, 6.07) is 4.30. The third-order valence-corrected chi connectivity index (χ3v) is 3.46. The average molecular weight is 268 g/mol. The molecule has 96 valence electrons. The second-order valence-corrected chi connectivity index (χ2v) is 5.70. The van der Waals surface area contributed by atoms with Crippen molar-refractivity contribution >= 4 is 29.2 Å². The van der Waals surface area contributed by atoms with E-state index in [9.17, 15) is 9.59 Å². The van der Waals surface area contributed by atoms with Crippen molar-refractivity contribution in [2.75, 3.05) is 5.32 Å². The van der Waals surface area contributed by atoms with E-state index in [4.69, 9.17) is 16.7 Å². The lowest BCUT2D eigenvalue weighted by atomic mass is 10.1. The van der Waals surface area contributed by atoms with E-state index in [0.717, 1.165) is 6.42 Å². The fraction of sp³-hybridized carbons (Fsp3) is 0.385. The van der Waals surface area contributed by atoms with E-state index in [1.165, 1.54) is 12.1 Å². The van der Waals surface area contributed by atoms with Gasteiger partial charge in [0.05, 0.1) is 5.56 Å². The lowest BCUT2D eigenvalue weighted by molar-refractivity contribution is -0.118. The van der Waals surface area contributed by atoms with Gasteiger partial charge in [0, 0.05) is 16.6 Å². The van der Waals surface area contributed by atoms with Crippen molar-refractivity contribution in [3.05, 3.63) is 28.8 Å². The molecule has 0 heterocycles. The number of aromatic carboxylic acids is 1. The average Bonchev–Trinajstić information content (AvgIpc) is 2.87. The van der Waals surface area contributed by atoms with E-state index in [1.807, 2.05) is 13.8 Å². The topological polar surface area (TPSA) is 66.4 Å². The molecule has 2 N–H and O–H groups in total. The maximum atomic E-state index is 11.9. The zero-order valence-electron chi connectivity index (χ0n) is 10.2. The summed E-state index contributed by atoms with van der Waals surface area (Å²) in [5.74, 6) is -1.16. The van der Waals surface area contributed by atoms with Gasteiger partial charge in [-0.25, -0.2) is 4.79 Å². The first-order valence-corrected chi connectivity index (χ1v) is 6.02. The van der Waals surface area contributed by atoms with Crippen LogP contribution in [0.1, 0.15) is 30.6 Å². The van der Waals surface area contributed by atoms with Gasteiger partial charge in [-0.05, 0) is 30.0 Å². The van der Waals surface area contributed by atoms with Crippen LogP contribution in [0, 0.1) is 11.3 Å². The van der Waals surface area contributed by atoms with Crippen LogP contribution in [0.2, 0.25) is 5.02 Å². The number of hydrogen-bond donors (Lipinski definition) is 2. The molecular formula is C13H14ClNO3. The number of carbonyl (C=O) groups is 2. The molecule has 1 fully saturated rings. The van der Waals surface area contributed by atoms with Crippen molar-refractivity contribution in [1.82, 2.24) is 0 Å². The van der Waals surface area contributed by atoms with Crippen LogP contribution in [0.25, 0.3) is 0 Å². The summed E-state index contributed by atoms with van der Waals surface area (Å²) in [6.45, 7) is 4.05. The Morgan fingerprint density at radius 1 is 1.39 bits per heavy atom. The van der Waals surface area contributed by atoms with E-state index in [-0.39, 0.29) is 22.8 Å². The van der Waals surface area contributed by atoms with Crippen molar-refractivity contribution < 1.29 is 14.7 Å². The Labute approximate surface area is 110 Å². The first-order chi connectivity index (χ1) is 8.29. The van der Waals surface area contributed by atoms with Crippen molar-refractivity contribution in [3.8, 4) is 0 Å². The largest absolute Gasteiger partial charge is 0.478 e. The van der Waals surface area contributed by atoms with E-state index in [1.54, 1.807) is 6.07 Å². The van der Waals surface area contributed by atoms with Crippen molar-refractivity contribution in [2.45, 2.75) is 20.3 Å². The SMILES string of the molecule is CC1(C)CC1C(=O)Nc1cc(Cl)cc(C(=O)O)c1. The van der Waals surface area contributed by atoms with Gasteiger partial charge >= 0.3 is 5.97 Å². The predicted octanol–water partition coefficient (Wildman–Crippen LogP) is 3.02. The second kappa shape index (κ2) is 4.28. The molecule has 1 saturated carbocycles. The van der Waals surface area contributed by atoms with E-state index >= 15 is 0 Å². The minimum Gasteiger partial charge on any atom is -0.478 e. The van der Waals surface area contributed by atoms with Gasteiger partial charge in [0.15, 0.2) is 0 Å². The molecular weight excluding hydrogens is 254 g/mol. The maximum absolute atomic E-state index is 11.9. The molecule has 1 amide bonds. The second-order valence-electron chi connectivity index (χ2n) is 5.27. The van der Waals surface area contributed by atoms with Crippen LogP contribution in [0.4, 0.5) is 5.69 Å². The number of nitrogens with one attached hydrogen (secondary N) is 1. The number of rotatable bonds is 3. The summed E-state index contributed by atoms with van der Waals surface area (Å²) < 4.78 is 0. The molecule has 0 radical (unpaired) electrons. The summed E-state index contributed by atoms with van der Waals surface area (Å²) in [7, 11) is 0. The number of benzene rings is 1. The first kappa shape index (κ1) is 12.9. The van der Waals surface area contributed by atoms with Gasteiger partial charge in [0.1, 0.15) is 0 Å². The number of amides is 1. The van der Waals surface area contributed by atoms with Gasteiger partial charge in [-0.3, -0.25) is 4.79 Å². The maximum Gasteiger partial charge on any atom is 0.335 e. The summed E-state index contributed by atoms with van der Waals surface area (Å²) in [5.41, 5.74) is 0.527. The summed E-state index contributed by atoms with van der Waals surface area (Å²) in [4.78, 5) is 22.8. The third kappa shape index (κ3) is 2.64. The van der Waals surface area contributed by atoms with E-state index < -0.39 is 5.97 Å². The quantitative estimate of drug-likeness (QED) is 0.885. The molecule has 1 aliphatic rings. The Kier molecular flexibility index (Phi) is 3.07. The fourth-order valence-electron chi connectivity index (χ4n) is 1.93. The minimum absolute atomic E-state index is 0.00948. The number of carbonyl (C=O) groups excluding carboxylic acids is 1. The van der Waals surface area contributed by atoms with Crippen LogP contribution < -0.4 is 5.32 Å². The van der Waals surface area contributed by atoms with Crippen LogP contribution in [-0.4, -0.2) is 17.0 Å². The lowest BCUT2D eigenvalue weighted by Crippen LogP contribution is -2.16. The van der Waals surface area contributed by atoms with Gasteiger partial charge in [0.2, 0.25) is 5.91 Å². The van der Waals surface area contributed by atoms with E-state index in [0.29, 0.717) is 10.7 Å². The van der Waals surface area contributed by atoms with Crippen LogP contribution in [-0.2, 0) is 4.79 Å². The lowest BCUT2D eigenvalue weighted by Gasteiger charge is -2.08. The number of hydrogen-bond acceptors (Lipinski definition) is 2. The zero-order valence-corrected chi connectivity index (χ0v) is 10.9. The highest BCUT2D eigenvalue weighted by molar-refractivity contribution is 6.31. The molecule has 1 aromatic carbocycles. The molecule has 0 saturated heterocycles. The summed E-state index contributed by atoms with van der Waals surface area (Å²) >= 11 is 5.81. The molecule has 1 unspecified atom stereocenters. The molecule has 0 bridgehead atoms. The molecule has 1 aliphatic carbocycles. The Balaban J connectivity index is 2.14. The smallest absolute Gasteiger partial charge is 0.335 e. The molecule has 2 rings (SSSR count). The van der Waals surface area contributed by atoms with Crippen LogP contribution in [0.3, 0.4) is 0 Å². The molecule has 18 heavy (non-hydrogen) atoms. The van der Waals surface area contributed by atoms with Gasteiger partial charge in [-0.15, -0.1) is 0 Å². The Hall–Kier alpha value is -1.55. The predicted molar refractivity (Wildman–Crippen MR) is 68.9 cm³/mol. The van der Waals surface area contributed by atoms with Gasteiger partial charge in [-0.1, -0.05) is 25.4 Å². The van der Waals surface area contributed by atoms with Gasteiger partial charge in [-0.2, -0.15) is 0 Å². The molecule has 5 heteroatoms. The van der Waals surface area contributed by atoms with Crippen molar-refractivity contribution in [1.29, 1.82) is 0 Å². The highest BCUT2D eigenvalue weighted by atomic mass is 35.5. The standard InChI is InChI=1S/C13H14ClNO3/c1-13(2)6-10(13)11(16)15-9-4-7(12(17)18)3-8(14)5-9/h3-5,10H,6H2,1-2H3,(H,15,16)(H,17,18). The van der Waals surface area contributed by atoms with Gasteiger partial charge < -0.3 is 10.4 Å².